The van der Waals surface area contributed by atoms with Crippen molar-refractivity contribution in [2.75, 3.05) is 5.32 Å². The number of para-hydroxylation sites is 1. The van der Waals surface area contributed by atoms with Gasteiger partial charge in [-0.25, -0.2) is 9.37 Å². The Balaban J connectivity index is 2.25. The average molecular weight is 236 g/mol. The maximum absolute atomic E-state index is 13.4. The van der Waals surface area contributed by atoms with Gasteiger partial charge in [0.2, 0.25) is 0 Å². The second-order valence-corrected chi connectivity index (χ2v) is 3.98. The fraction of sp³-hybridized carbons (Fsp3) is 0.0909. The summed E-state index contributed by atoms with van der Waals surface area (Å²) in [5.41, 5.74) is 2.75. The molecule has 0 saturated heterocycles. The molecule has 0 radical (unpaired) electrons. The molecule has 2 rings (SSSR count). The zero-order valence-electron chi connectivity index (χ0n) is 8.53. The van der Waals surface area contributed by atoms with Crippen LogP contribution in [0.25, 0.3) is 0 Å². The molecule has 1 aromatic heterocycles. The first-order chi connectivity index (χ1) is 7.68. The lowest BCUT2D eigenvalue weighted by molar-refractivity contribution is 0.102. The molecule has 0 fully saturated rings. The van der Waals surface area contributed by atoms with Gasteiger partial charge in [0.1, 0.15) is 11.5 Å². The van der Waals surface area contributed by atoms with Gasteiger partial charge < -0.3 is 5.32 Å². The van der Waals surface area contributed by atoms with Gasteiger partial charge in [0, 0.05) is 5.38 Å². The summed E-state index contributed by atoms with van der Waals surface area (Å²) in [6.45, 7) is 1.74. The number of nitrogens with one attached hydrogen (secondary N) is 1. The van der Waals surface area contributed by atoms with Crippen molar-refractivity contribution in [1.82, 2.24) is 4.98 Å². The topological polar surface area (TPSA) is 42.0 Å². The van der Waals surface area contributed by atoms with Crippen molar-refractivity contribution in [3.8, 4) is 0 Å². The lowest BCUT2D eigenvalue weighted by Crippen LogP contribution is -2.14. The molecule has 1 amide bonds. The van der Waals surface area contributed by atoms with Gasteiger partial charge in [-0.1, -0.05) is 12.1 Å². The molecule has 1 aromatic carbocycles. The number of halogens is 1. The smallest absolute Gasteiger partial charge is 0.275 e. The summed E-state index contributed by atoms with van der Waals surface area (Å²) < 4.78 is 13.4. The maximum atomic E-state index is 13.4. The number of thiazole rings is 1. The second kappa shape index (κ2) is 4.40. The Labute approximate surface area is 96.0 Å². The molecular weight excluding hydrogens is 227 g/mol. The third-order valence-electron chi connectivity index (χ3n) is 2.13. The number of anilines is 1. The van der Waals surface area contributed by atoms with Crippen molar-refractivity contribution in [3.05, 3.63) is 46.2 Å². The summed E-state index contributed by atoms with van der Waals surface area (Å²) in [5.74, 6) is -0.835. The number of aryl methyl sites for hydroxylation is 1. The fourth-order valence-corrected chi connectivity index (χ4v) is 1.82. The van der Waals surface area contributed by atoms with Gasteiger partial charge in [-0.3, -0.25) is 4.79 Å². The van der Waals surface area contributed by atoms with Crippen LogP contribution in [0, 0.1) is 12.7 Å². The van der Waals surface area contributed by atoms with Gasteiger partial charge >= 0.3 is 0 Å². The Morgan fingerprint density at radius 1 is 1.50 bits per heavy atom. The zero-order valence-corrected chi connectivity index (χ0v) is 9.34. The molecule has 0 bridgehead atoms. The molecule has 82 valence electrons. The SMILES string of the molecule is Cc1cccc(F)c1NC(=O)c1cscn1. The van der Waals surface area contributed by atoms with Crippen LogP contribution in [0.4, 0.5) is 10.1 Å². The molecule has 1 N–H and O–H groups in total. The van der Waals surface area contributed by atoms with Crippen LogP contribution in [0.1, 0.15) is 16.1 Å². The highest BCUT2D eigenvalue weighted by atomic mass is 32.1. The van der Waals surface area contributed by atoms with Crippen LogP contribution in [-0.2, 0) is 0 Å². The van der Waals surface area contributed by atoms with Gasteiger partial charge in [-0.2, -0.15) is 0 Å². The molecule has 2 aromatic rings. The lowest BCUT2D eigenvalue weighted by Gasteiger charge is -2.07. The molecule has 0 unspecified atom stereocenters. The molecule has 0 aliphatic carbocycles. The Bertz CT molecular complexity index is 490. The lowest BCUT2D eigenvalue weighted by atomic mass is 10.2. The third kappa shape index (κ3) is 2.09. The van der Waals surface area contributed by atoms with Crippen molar-refractivity contribution in [1.29, 1.82) is 0 Å². The standard InChI is InChI=1S/C11H9FN2OS/c1-7-3-2-4-8(12)10(7)14-11(15)9-5-16-6-13-9/h2-6H,1H3,(H,14,15). The Hall–Kier alpha value is -1.75. The monoisotopic (exact) mass is 236 g/mol. The number of benzene rings is 1. The number of nitrogens with zero attached hydrogens (tertiary/aromatic N) is 1. The van der Waals surface area contributed by atoms with Gasteiger partial charge in [0.05, 0.1) is 11.2 Å². The third-order valence-corrected chi connectivity index (χ3v) is 2.71. The van der Waals surface area contributed by atoms with Crippen LogP contribution in [-0.4, -0.2) is 10.9 Å². The summed E-state index contributed by atoms with van der Waals surface area (Å²) in [6, 6.07) is 4.65. The van der Waals surface area contributed by atoms with E-state index in [0.717, 1.165) is 0 Å². The first kappa shape index (κ1) is 10.8. The molecule has 0 atom stereocenters. The summed E-state index contributed by atoms with van der Waals surface area (Å²) in [6.07, 6.45) is 0. The van der Waals surface area contributed by atoms with E-state index in [1.54, 1.807) is 29.9 Å². The van der Waals surface area contributed by atoms with E-state index in [2.05, 4.69) is 10.3 Å². The number of aromatic nitrogens is 1. The highest BCUT2D eigenvalue weighted by molar-refractivity contribution is 7.07. The summed E-state index contributed by atoms with van der Waals surface area (Å²) in [4.78, 5) is 15.5. The minimum Gasteiger partial charge on any atom is -0.318 e. The van der Waals surface area contributed by atoms with Crippen molar-refractivity contribution < 1.29 is 9.18 Å². The number of carbonyl (C=O) groups excluding carboxylic acids is 1. The maximum Gasteiger partial charge on any atom is 0.275 e. The highest BCUT2D eigenvalue weighted by Gasteiger charge is 2.12. The van der Waals surface area contributed by atoms with Crippen LogP contribution in [0.5, 0.6) is 0 Å². The number of hydrogen-bond acceptors (Lipinski definition) is 3. The number of hydrogen-bond donors (Lipinski definition) is 1. The van der Waals surface area contributed by atoms with E-state index in [0.29, 0.717) is 11.3 Å². The molecule has 3 nitrogen and oxygen atoms in total. The van der Waals surface area contributed by atoms with Crippen molar-refractivity contribution in [2.45, 2.75) is 6.92 Å². The van der Waals surface area contributed by atoms with Gasteiger partial charge in [0.25, 0.3) is 5.91 Å². The zero-order chi connectivity index (χ0) is 11.5. The van der Waals surface area contributed by atoms with Crippen LogP contribution < -0.4 is 5.32 Å². The number of carbonyl (C=O) groups is 1. The van der Waals surface area contributed by atoms with Crippen LogP contribution in [0.2, 0.25) is 0 Å². The quantitative estimate of drug-likeness (QED) is 0.871. The first-order valence-corrected chi connectivity index (χ1v) is 5.57. The normalized spacial score (nSPS) is 10.1. The van der Waals surface area contributed by atoms with E-state index in [1.807, 2.05) is 0 Å². The van der Waals surface area contributed by atoms with Crippen molar-refractivity contribution >= 4 is 22.9 Å². The molecule has 5 heteroatoms. The van der Waals surface area contributed by atoms with Gasteiger partial charge in [-0.05, 0) is 18.6 Å². The van der Waals surface area contributed by atoms with Crippen LogP contribution >= 0.6 is 11.3 Å². The second-order valence-electron chi connectivity index (χ2n) is 3.26. The minimum atomic E-state index is -0.441. The Kier molecular flexibility index (Phi) is 2.96. The van der Waals surface area contributed by atoms with E-state index < -0.39 is 11.7 Å². The average Bonchev–Trinajstić information content (AvgIpc) is 2.76. The molecule has 0 aliphatic heterocycles. The predicted molar refractivity (Wildman–Crippen MR) is 61.2 cm³/mol. The molecule has 1 heterocycles. The molecule has 16 heavy (non-hydrogen) atoms. The van der Waals surface area contributed by atoms with Crippen LogP contribution in [0.15, 0.2) is 29.1 Å². The molecular formula is C11H9FN2OS. The predicted octanol–water partition coefficient (Wildman–Crippen LogP) is 2.84. The highest BCUT2D eigenvalue weighted by Crippen LogP contribution is 2.19. The van der Waals surface area contributed by atoms with E-state index in [-0.39, 0.29) is 5.69 Å². The Morgan fingerprint density at radius 3 is 2.94 bits per heavy atom. The van der Waals surface area contributed by atoms with Gasteiger partial charge in [-0.15, -0.1) is 11.3 Å². The Morgan fingerprint density at radius 2 is 2.31 bits per heavy atom. The number of amides is 1. The van der Waals surface area contributed by atoms with Gasteiger partial charge in [0.15, 0.2) is 0 Å². The fourth-order valence-electron chi connectivity index (χ4n) is 1.29. The molecule has 0 saturated carbocycles. The molecule has 0 spiro atoms. The van der Waals surface area contributed by atoms with Crippen LogP contribution in [0.3, 0.4) is 0 Å². The minimum absolute atomic E-state index is 0.209. The first-order valence-electron chi connectivity index (χ1n) is 4.63. The van der Waals surface area contributed by atoms with E-state index in [1.165, 1.54) is 17.4 Å². The summed E-state index contributed by atoms with van der Waals surface area (Å²) in [5, 5.41) is 4.13. The summed E-state index contributed by atoms with van der Waals surface area (Å²) >= 11 is 1.32. The molecule has 0 aliphatic rings. The van der Waals surface area contributed by atoms with E-state index in [9.17, 15) is 9.18 Å². The largest absolute Gasteiger partial charge is 0.318 e. The van der Waals surface area contributed by atoms with E-state index >= 15 is 0 Å². The summed E-state index contributed by atoms with van der Waals surface area (Å²) in [7, 11) is 0. The number of rotatable bonds is 2. The van der Waals surface area contributed by atoms with Crippen molar-refractivity contribution in [2.24, 2.45) is 0 Å². The van der Waals surface area contributed by atoms with E-state index in [4.69, 9.17) is 0 Å². The van der Waals surface area contributed by atoms with Crippen molar-refractivity contribution in [3.63, 3.8) is 0 Å².